The van der Waals surface area contributed by atoms with Crippen molar-refractivity contribution in [2.45, 2.75) is 40.3 Å². The molecular weight excluding hydrogens is 404 g/mol. The lowest BCUT2D eigenvalue weighted by molar-refractivity contribution is 0.289. The smallest absolute Gasteiger partial charge is 0.146 e. The molecule has 1 atom stereocenters. The number of aryl methyl sites for hydroxylation is 3. The number of nitrogens with zero attached hydrogens (tertiary/aromatic N) is 5. The van der Waals surface area contributed by atoms with E-state index in [1.54, 1.807) is 11.3 Å². The fraction of sp³-hybridized carbons (Fsp3) is 0.375. The van der Waals surface area contributed by atoms with Crippen molar-refractivity contribution in [1.29, 1.82) is 0 Å². The number of hydrogen-bond acceptors (Lipinski definition) is 6. The zero-order chi connectivity index (χ0) is 22.0. The molecular formula is C24H30N6S. The fourth-order valence-corrected chi connectivity index (χ4v) is 4.90. The monoisotopic (exact) mass is 434 g/mol. The highest BCUT2D eigenvalue weighted by molar-refractivity contribution is 7.18. The zero-order valence-corrected chi connectivity index (χ0v) is 19.7. The summed E-state index contributed by atoms with van der Waals surface area (Å²) in [4.78, 5) is 19.2. The van der Waals surface area contributed by atoms with Gasteiger partial charge in [-0.3, -0.25) is 4.90 Å². The van der Waals surface area contributed by atoms with Crippen LogP contribution in [0.4, 0.5) is 5.82 Å². The summed E-state index contributed by atoms with van der Waals surface area (Å²) in [6.07, 6.45) is 3.82. The van der Waals surface area contributed by atoms with E-state index in [-0.39, 0.29) is 6.04 Å². The summed E-state index contributed by atoms with van der Waals surface area (Å²) in [6.45, 7) is 11.4. The molecule has 31 heavy (non-hydrogen) atoms. The molecule has 162 valence electrons. The Morgan fingerprint density at radius 2 is 1.84 bits per heavy atom. The second-order valence-electron chi connectivity index (χ2n) is 7.80. The van der Waals surface area contributed by atoms with Crippen LogP contribution in [-0.4, -0.2) is 37.5 Å². The molecule has 0 fully saturated rings. The number of anilines is 1. The third kappa shape index (κ3) is 4.34. The summed E-state index contributed by atoms with van der Waals surface area (Å²) in [5.41, 5.74) is 2.39. The number of thiophene rings is 1. The maximum atomic E-state index is 5.02. The van der Waals surface area contributed by atoms with Gasteiger partial charge in [0.2, 0.25) is 0 Å². The van der Waals surface area contributed by atoms with Crippen LogP contribution in [0.25, 0.3) is 10.2 Å². The van der Waals surface area contributed by atoms with Gasteiger partial charge in [-0.15, -0.1) is 11.3 Å². The summed E-state index contributed by atoms with van der Waals surface area (Å²) in [7, 11) is 2.03. The molecule has 4 aromatic rings. The van der Waals surface area contributed by atoms with Gasteiger partial charge in [0.05, 0.1) is 11.9 Å². The normalized spacial score (nSPS) is 12.6. The lowest BCUT2D eigenvalue weighted by Crippen LogP contribution is -2.24. The third-order valence-electron chi connectivity index (χ3n) is 5.87. The van der Waals surface area contributed by atoms with E-state index in [1.807, 2.05) is 25.5 Å². The van der Waals surface area contributed by atoms with Gasteiger partial charge in [0, 0.05) is 24.3 Å². The molecule has 6 nitrogen and oxygen atoms in total. The number of benzene rings is 1. The van der Waals surface area contributed by atoms with Crippen molar-refractivity contribution in [2.75, 3.05) is 18.4 Å². The lowest BCUT2D eigenvalue weighted by Gasteiger charge is -2.22. The van der Waals surface area contributed by atoms with Crippen LogP contribution in [0.2, 0.25) is 0 Å². The Morgan fingerprint density at radius 1 is 1.10 bits per heavy atom. The molecule has 3 aromatic heterocycles. The Kier molecular flexibility index (Phi) is 6.34. The molecule has 3 heterocycles. The third-order valence-corrected chi connectivity index (χ3v) is 6.97. The molecule has 0 unspecified atom stereocenters. The van der Waals surface area contributed by atoms with E-state index < -0.39 is 0 Å². The molecule has 0 aliphatic heterocycles. The van der Waals surface area contributed by atoms with Gasteiger partial charge >= 0.3 is 0 Å². The quantitative estimate of drug-likeness (QED) is 0.419. The highest BCUT2D eigenvalue weighted by Crippen LogP contribution is 2.36. The van der Waals surface area contributed by atoms with Gasteiger partial charge in [-0.05, 0) is 38.1 Å². The predicted molar refractivity (Wildman–Crippen MR) is 129 cm³/mol. The van der Waals surface area contributed by atoms with Crippen LogP contribution in [-0.2, 0) is 13.6 Å². The second kappa shape index (κ2) is 9.16. The summed E-state index contributed by atoms with van der Waals surface area (Å²) < 4.78 is 2.06. The molecule has 0 saturated carbocycles. The number of fused-ring (bicyclic) bond motifs is 1. The maximum absolute atomic E-state index is 5.02. The second-order valence-corrected chi connectivity index (χ2v) is 9.00. The first kappa shape index (κ1) is 21.5. The van der Waals surface area contributed by atoms with Gasteiger partial charge < -0.3 is 9.88 Å². The minimum absolute atomic E-state index is 0.111. The van der Waals surface area contributed by atoms with Crippen LogP contribution >= 0.6 is 11.3 Å². The summed E-state index contributed by atoms with van der Waals surface area (Å²) in [6, 6.07) is 10.3. The standard InChI is InChI=1S/C24H30N6S/c1-6-30(7-2)15-19-26-22(20-16(3)17(4)31-24(20)27-19)28-21(18-11-9-8-10-12-18)23-25-13-14-29(23)5/h8-14,21H,6-7,15H2,1-5H3,(H,26,27,28)/t21-/m0/s1. The fourth-order valence-electron chi connectivity index (χ4n) is 3.85. The zero-order valence-electron chi connectivity index (χ0n) is 18.9. The molecule has 0 aliphatic carbocycles. The van der Waals surface area contributed by atoms with Crippen molar-refractivity contribution < 1.29 is 0 Å². The van der Waals surface area contributed by atoms with Gasteiger partial charge in [-0.2, -0.15) is 0 Å². The summed E-state index contributed by atoms with van der Waals surface area (Å²) >= 11 is 1.74. The Balaban J connectivity index is 1.83. The summed E-state index contributed by atoms with van der Waals surface area (Å²) in [5, 5.41) is 4.85. The van der Waals surface area contributed by atoms with Crippen molar-refractivity contribution in [3.63, 3.8) is 0 Å². The van der Waals surface area contributed by atoms with Crippen LogP contribution in [0, 0.1) is 13.8 Å². The van der Waals surface area contributed by atoms with Gasteiger partial charge in [-0.25, -0.2) is 15.0 Å². The topological polar surface area (TPSA) is 58.9 Å². The van der Waals surface area contributed by atoms with Crippen molar-refractivity contribution in [3.8, 4) is 0 Å². The van der Waals surface area contributed by atoms with Gasteiger partial charge in [0.25, 0.3) is 0 Å². The van der Waals surface area contributed by atoms with Gasteiger partial charge in [0.1, 0.15) is 28.3 Å². The first-order valence-corrected chi connectivity index (χ1v) is 11.6. The van der Waals surface area contributed by atoms with Gasteiger partial charge in [0.15, 0.2) is 0 Å². The lowest BCUT2D eigenvalue weighted by atomic mass is 10.1. The molecule has 7 heteroatoms. The maximum Gasteiger partial charge on any atom is 0.146 e. The van der Waals surface area contributed by atoms with Crippen LogP contribution in [0.1, 0.15) is 47.5 Å². The van der Waals surface area contributed by atoms with E-state index in [0.717, 1.165) is 52.9 Å². The number of rotatable bonds is 8. The molecule has 0 saturated heterocycles. The summed E-state index contributed by atoms with van der Waals surface area (Å²) in [5.74, 6) is 2.69. The Labute approximate surface area is 188 Å². The highest BCUT2D eigenvalue weighted by atomic mass is 32.1. The van der Waals surface area contributed by atoms with Gasteiger partial charge in [-0.1, -0.05) is 44.2 Å². The van der Waals surface area contributed by atoms with Crippen LogP contribution in [0.15, 0.2) is 42.7 Å². The van der Waals surface area contributed by atoms with E-state index in [1.165, 1.54) is 10.4 Å². The van der Waals surface area contributed by atoms with Crippen LogP contribution < -0.4 is 5.32 Å². The van der Waals surface area contributed by atoms with E-state index in [4.69, 9.17) is 9.97 Å². The molecule has 0 amide bonds. The average molecular weight is 435 g/mol. The number of imidazole rings is 1. The minimum atomic E-state index is -0.111. The minimum Gasteiger partial charge on any atom is -0.356 e. The Bertz CT molecular complexity index is 1160. The average Bonchev–Trinajstić information content (AvgIpc) is 3.33. The van der Waals surface area contributed by atoms with Crippen molar-refractivity contribution in [3.05, 3.63) is 70.4 Å². The first-order valence-electron chi connectivity index (χ1n) is 10.8. The Morgan fingerprint density at radius 3 is 2.48 bits per heavy atom. The predicted octanol–water partition coefficient (Wildman–Crippen LogP) is 5.08. The molecule has 1 aromatic carbocycles. The molecule has 0 aliphatic rings. The van der Waals surface area contributed by atoms with Crippen molar-refractivity contribution in [1.82, 2.24) is 24.4 Å². The largest absolute Gasteiger partial charge is 0.356 e. The van der Waals surface area contributed by atoms with Crippen molar-refractivity contribution >= 4 is 27.4 Å². The van der Waals surface area contributed by atoms with Crippen LogP contribution in [0.5, 0.6) is 0 Å². The molecule has 0 spiro atoms. The number of nitrogens with one attached hydrogen (secondary N) is 1. The number of hydrogen-bond donors (Lipinski definition) is 1. The molecule has 0 radical (unpaired) electrons. The van der Waals surface area contributed by atoms with E-state index in [0.29, 0.717) is 0 Å². The molecule has 4 rings (SSSR count). The van der Waals surface area contributed by atoms with E-state index in [9.17, 15) is 0 Å². The Hall–Kier alpha value is -2.77. The first-order chi connectivity index (χ1) is 15.0. The number of aromatic nitrogens is 4. The van der Waals surface area contributed by atoms with Crippen molar-refractivity contribution in [2.24, 2.45) is 7.05 Å². The highest BCUT2D eigenvalue weighted by Gasteiger charge is 2.22. The van der Waals surface area contributed by atoms with Crippen LogP contribution in [0.3, 0.4) is 0 Å². The SMILES string of the molecule is CCN(CC)Cc1nc(N[C@@H](c2ccccc2)c2nccn2C)c2c(C)c(C)sc2n1. The van der Waals surface area contributed by atoms with E-state index >= 15 is 0 Å². The molecule has 0 bridgehead atoms. The molecule has 1 N–H and O–H groups in total. The van der Waals surface area contributed by atoms with E-state index in [2.05, 4.69) is 71.7 Å².